The molecule has 18 heavy (non-hydrogen) atoms. The van der Waals surface area contributed by atoms with Crippen molar-refractivity contribution in [3.63, 3.8) is 0 Å². The lowest BCUT2D eigenvalue weighted by atomic mass is 10.3. The zero-order valence-electron chi connectivity index (χ0n) is 10.4. The minimum atomic E-state index is -3.12. The van der Waals surface area contributed by atoms with Crippen LogP contribution in [0.4, 0.5) is 5.69 Å². The summed E-state index contributed by atoms with van der Waals surface area (Å²) in [7, 11) is -3.12. The van der Waals surface area contributed by atoms with Gasteiger partial charge in [-0.15, -0.1) is 0 Å². The first-order chi connectivity index (χ1) is 8.49. The first kappa shape index (κ1) is 13.4. The van der Waals surface area contributed by atoms with E-state index in [4.69, 9.17) is 0 Å². The van der Waals surface area contributed by atoms with Gasteiger partial charge >= 0.3 is 0 Å². The summed E-state index contributed by atoms with van der Waals surface area (Å²) in [6, 6.07) is 7.13. The molecule has 1 aliphatic rings. The molecule has 1 atom stereocenters. The summed E-state index contributed by atoms with van der Waals surface area (Å²) in [6.07, 6.45) is 2.25. The first-order valence-corrected chi connectivity index (χ1v) is 8.64. The van der Waals surface area contributed by atoms with Gasteiger partial charge in [0.25, 0.3) is 0 Å². The Labute approximate surface area is 112 Å². The van der Waals surface area contributed by atoms with Crippen LogP contribution in [0.25, 0.3) is 0 Å². The Balaban J connectivity index is 2.08. The van der Waals surface area contributed by atoms with E-state index >= 15 is 0 Å². The molecule has 1 aromatic rings. The average Bonchev–Trinajstić information content (AvgIpc) is 2.76. The molecule has 0 radical (unpaired) electrons. The fraction of sp³-hybridized carbons (Fsp3) is 0.417. The van der Waals surface area contributed by atoms with Gasteiger partial charge in [0.2, 0.25) is 0 Å². The number of sulfone groups is 1. The van der Waals surface area contributed by atoms with Crippen molar-refractivity contribution in [1.82, 2.24) is 0 Å². The molecule has 1 heterocycles. The second kappa shape index (κ2) is 5.32. The Morgan fingerprint density at radius 3 is 2.56 bits per heavy atom. The van der Waals surface area contributed by atoms with Crippen molar-refractivity contribution in [2.24, 2.45) is 4.99 Å². The lowest BCUT2D eigenvalue weighted by Gasteiger charge is -2.05. The number of amidine groups is 1. The summed E-state index contributed by atoms with van der Waals surface area (Å²) in [6.45, 7) is 2.12. The van der Waals surface area contributed by atoms with Crippen LogP contribution >= 0.6 is 11.8 Å². The average molecular weight is 284 g/mol. The molecule has 4 nitrogen and oxygen atoms in total. The van der Waals surface area contributed by atoms with Crippen LogP contribution in [-0.4, -0.2) is 31.6 Å². The Kier molecular flexibility index (Phi) is 3.97. The maximum absolute atomic E-state index is 11.3. The molecule has 1 unspecified atom stereocenters. The fourth-order valence-corrected chi connectivity index (χ4v) is 3.31. The molecule has 0 aromatic heterocycles. The minimum Gasteiger partial charge on any atom is -0.335 e. The summed E-state index contributed by atoms with van der Waals surface area (Å²) in [5.74, 6) is 1.01. The van der Waals surface area contributed by atoms with Crippen molar-refractivity contribution >= 4 is 32.5 Å². The number of hydrogen-bond donors (Lipinski definition) is 1. The van der Waals surface area contributed by atoms with Crippen molar-refractivity contribution < 1.29 is 8.42 Å². The van der Waals surface area contributed by atoms with E-state index in [1.54, 1.807) is 36.0 Å². The number of nitrogens with zero attached hydrogens (tertiary/aromatic N) is 1. The van der Waals surface area contributed by atoms with E-state index in [0.29, 0.717) is 10.9 Å². The number of benzene rings is 1. The van der Waals surface area contributed by atoms with Gasteiger partial charge in [0, 0.05) is 17.7 Å². The summed E-state index contributed by atoms with van der Waals surface area (Å²) < 4.78 is 22.6. The van der Waals surface area contributed by atoms with E-state index in [0.717, 1.165) is 23.0 Å². The first-order valence-electron chi connectivity index (χ1n) is 5.77. The molecule has 2 rings (SSSR count). The molecular formula is C12H16N2O2S2. The number of aliphatic imine (C=N–C) groups is 1. The van der Waals surface area contributed by atoms with Crippen molar-refractivity contribution in [2.75, 3.05) is 17.3 Å². The molecule has 0 aliphatic carbocycles. The molecule has 6 heteroatoms. The van der Waals surface area contributed by atoms with E-state index in [9.17, 15) is 8.42 Å². The van der Waals surface area contributed by atoms with Gasteiger partial charge in [-0.25, -0.2) is 8.42 Å². The summed E-state index contributed by atoms with van der Waals surface area (Å²) in [5, 5.41) is 4.11. The Morgan fingerprint density at radius 1 is 1.39 bits per heavy atom. The highest BCUT2D eigenvalue weighted by atomic mass is 32.2. The number of nitrogens with one attached hydrogen (secondary N) is 1. The van der Waals surface area contributed by atoms with Crippen molar-refractivity contribution in [3.05, 3.63) is 24.3 Å². The van der Waals surface area contributed by atoms with Crippen molar-refractivity contribution in [2.45, 2.75) is 24.3 Å². The van der Waals surface area contributed by atoms with Crippen LogP contribution < -0.4 is 5.32 Å². The molecule has 0 fully saturated rings. The SMILES string of the molecule is CCC1CSC(Nc2ccc(S(C)(=O)=O)cc2)=N1. The highest BCUT2D eigenvalue weighted by Crippen LogP contribution is 2.22. The van der Waals surface area contributed by atoms with Crippen LogP contribution in [0.5, 0.6) is 0 Å². The molecule has 0 saturated heterocycles. The number of anilines is 1. The monoisotopic (exact) mass is 284 g/mol. The molecule has 1 N–H and O–H groups in total. The van der Waals surface area contributed by atoms with Crippen LogP contribution in [0.1, 0.15) is 13.3 Å². The Morgan fingerprint density at radius 2 is 2.06 bits per heavy atom. The smallest absolute Gasteiger partial charge is 0.175 e. The van der Waals surface area contributed by atoms with Gasteiger partial charge in [0.15, 0.2) is 15.0 Å². The second-order valence-corrected chi connectivity index (χ2v) is 7.25. The van der Waals surface area contributed by atoms with Crippen LogP contribution in [-0.2, 0) is 9.84 Å². The van der Waals surface area contributed by atoms with Gasteiger partial charge in [0.05, 0.1) is 10.9 Å². The second-order valence-electron chi connectivity index (χ2n) is 4.23. The van der Waals surface area contributed by atoms with Gasteiger partial charge < -0.3 is 5.32 Å². The molecule has 1 aliphatic heterocycles. The topological polar surface area (TPSA) is 58.5 Å². The minimum absolute atomic E-state index is 0.334. The van der Waals surface area contributed by atoms with Crippen LogP contribution in [0.3, 0.4) is 0 Å². The maximum Gasteiger partial charge on any atom is 0.175 e. The zero-order chi connectivity index (χ0) is 13.2. The third kappa shape index (κ3) is 3.26. The van der Waals surface area contributed by atoms with Gasteiger partial charge in [0.1, 0.15) is 0 Å². The zero-order valence-corrected chi connectivity index (χ0v) is 12.0. The van der Waals surface area contributed by atoms with E-state index in [2.05, 4.69) is 17.2 Å². The molecule has 0 saturated carbocycles. The van der Waals surface area contributed by atoms with E-state index < -0.39 is 9.84 Å². The van der Waals surface area contributed by atoms with Crippen molar-refractivity contribution in [1.29, 1.82) is 0 Å². The normalized spacial score (nSPS) is 19.7. The lowest BCUT2D eigenvalue weighted by molar-refractivity contribution is 0.602. The van der Waals surface area contributed by atoms with Crippen LogP contribution in [0, 0.1) is 0 Å². The van der Waals surface area contributed by atoms with E-state index in [1.807, 2.05) is 0 Å². The molecular weight excluding hydrogens is 268 g/mol. The maximum atomic E-state index is 11.3. The van der Waals surface area contributed by atoms with Crippen molar-refractivity contribution in [3.8, 4) is 0 Å². The van der Waals surface area contributed by atoms with Gasteiger partial charge in [-0.1, -0.05) is 18.7 Å². The number of thioether (sulfide) groups is 1. The molecule has 1 aromatic carbocycles. The predicted octanol–water partition coefficient (Wildman–Crippen LogP) is 2.38. The summed E-state index contributed by atoms with van der Waals surface area (Å²) in [4.78, 5) is 4.86. The summed E-state index contributed by atoms with van der Waals surface area (Å²) >= 11 is 1.70. The largest absolute Gasteiger partial charge is 0.335 e. The quantitative estimate of drug-likeness (QED) is 0.926. The van der Waals surface area contributed by atoms with Gasteiger partial charge in [-0.2, -0.15) is 0 Å². The summed E-state index contributed by atoms with van der Waals surface area (Å²) in [5.41, 5.74) is 0.866. The van der Waals surface area contributed by atoms with E-state index in [1.165, 1.54) is 6.26 Å². The van der Waals surface area contributed by atoms with Gasteiger partial charge in [-0.05, 0) is 30.7 Å². The Bertz CT molecular complexity index is 550. The fourth-order valence-electron chi connectivity index (χ4n) is 1.60. The highest BCUT2D eigenvalue weighted by molar-refractivity contribution is 8.14. The molecule has 0 bridgehead atoms. The molecule has 0 amide bonds. The molecule has 0 spiro atoms. The third-order valence-corrected chi connectivity index (χ3v) is 4.88. The number of rotatable bonds is 3. The predicted molar refractivity (Wildman–Crippen MR) is 77.1 cm³/mol. The van der Waals surface area contributed by atoms with Crippen LogP contribution in [0.2, 0.25) is 0 Å². The van der Waals surface area contributed by atoms with Crippen LogP contribution in [0.15, 0.2) is 34.2 Å². The third-order valence-electron chi connectivity index (χ3n) is 2.72. The van der Waals surface area contributed by atoms with E-state index in [-0.39, 0.29) is 0 Å². The highest BCUT2D eigenvalue weighted by Gasteiger charge is 2.16. The number of hydrogen-bond acceptors (Lipinski definition) is 5. The molecule has 98 valence electrons. The van der Waals surface area contributed by atoms with Gasteiger partial charge in [-0.3, -0.25) is 4.99 Å². The lowest BCUT2D eigenvalue weighted by Crippen LogP contribution is -2.05. The standard InChI is InChI=1S/C12H16N2O2S2/c1-3-9-8-17-12(13-9)14-10-4-6-11(7-5-10)18(2,15)16/h4-7,9H,3,8H2,1-2H3,(H,13,14). The Hall–Kier alpha value is -1.01.